The topological polar surface area (TPSA) is 105 Å². The Kier molecular flexibility index (Phi) is 5.22. The number of carbonyl (C=O) groups is 2. The minimum absolute atomic E-state index is 0.435. The lowest BCUT2D eigenvalue weighted by Gasteiger charge is -2.29. The molecule has 150 valence electrons. The Balaban J connectivity index is 1.45. The SMILES string of the molecule is CCN1CCc2c(cccc2NC(=O)C(=O)NC(C)c2nnc3ncccn23)C1. The Labute approximate surface area is 168 Å². The Morgan fingerprint density at radius 3 is 2.90 bits per heavy atom. The van der Waals surface area contributed by atoms with Gasteiger partial charge in [-0.3, -0.25) is 18.9 Å². The molecule has 2 aromatic heterocycles. The van der Waals surface area contributed by atoms with Gasteiger partial charge >= 0.3 is 11.8 Å². The first-order chi connectivity index (χ1) is 14.1. The molecule has 2 N–H and O–H groups in total. The first kappa shape index (κ1) is 19.0. The van der Waals surface area contributed by atoms with E-state index >= 15 is 0 Å². The van der Waals surface area contributed by atoms with Gasteiger partial charge in [0.15, 0.2) is 5.82 Å². The highest BCUT2D eigenvalue weighted by Crippen LogP contribution is 2.26. The Hall–Kier alpha value is -3.33. The minimum Gasteiger partial charge on any atom is -0.338 e. The number of rotatable bonds is 4. The van der Waals surface area contributed by atoms with Crippen molar-refractivity contribution in [3.63, 3.8) is 0 Å². The second-order valence-corrected chi connectivity index (χ2v) is 7.06. The smallest absolute Gasteiger partial charge is 0.313 e. The molecule has 1 aliphatic heterocycles. The number of hydrogen-bond donors (Lipinski definition) is 2. The maximum atomic E-state index is 12.5. The van der Waals surface area contributed by atoms with Crippen molar-refractivity contribution in [2.24, 2.45) is 0 Å². The van der Waals surface area contributed by atoms with E-state index in [4.69, 9.17) is 0 Å². The van der Waals surface area contributed by atoms with Crippen molar-refractivity contribution >= 4 is 23.3 Å². The maximum Gasteiger partial charge on any atom is 0.313 e. The number of nitrogens with one attached hydrogen (secondary N) is 2. The highest BCUT2D eigenvalue weighted by atomic mass is 16.2. The van der Waals surface area contributed by atoms with Crippen LogP contribution in [0.3, 0.4) is 0 Å². The maximum absolute atomic E-state index is 12.5. The monoisotopic (exact) mass is 393 g/mol. The molecule has 29 heavy (non-hydrogen) atoms. The zero-order chi connectivity index (χ0) is 20.4. The summed E-state index contributed by atoms with van der Waals surface area (Å²) in [6, 6.07) is 7.06. The molecule has 0 bridgehead atoms. The summed E-state index contributed by atoms with van der Waals surface area (Å²) in [6.45, 7) is 6.67. The van der Waals surface area contributed by atoms with Crippen LogP contribution in [0.2, 0.25) is 0 Å². The number of likely N-dealkylation sites (N-methyl/N-ethyl adjacent to an activating group) is 1. The number of carbonyl (C=O) groups excluding carboxylic acids is 2. The minimum atomic E-state index is -0.721. The number of amides is 2. The quantitative estimate of drug-likeness (QED) is 0.648. The molecule has 9 nitrogen and oxygen atoms in total. The Morgan fingerprint density at radius 1 is 1.21 bits per heavy atom. The van der Waals surface area contributed by atoms with E-state index in [1.807, 2.05) is 12.1 Å². The zero-order valence-electron chi connectivity index (χ0n) is 16.4. The number of hydrogen-bond acceptors (Lipinski definition) is 6. The fourth-order valence-corrected chi connectivity index (χ4v) is 3.62. The summed E-state index contributed by atoms with van der Waals surface area (Å²) < 4.78 is 1.68. The predicted octanol–water partition coefficient (Wildman–Crippen LogP) is 1.32. The van der Waals surface area contributed by atoms with E-state index < -0.39 is 17.9 Å². The molecule has 2 amide bonds. The van der Waals surface area contributed by atoms with Crippen LogP contribution >= 0.6 is 0 Å². The van der Waals surface area contributed by atoms with Crippen LogP contribution in [-0.2, 0) is 22.6 Å². The van der Waals surface area contributed by atoms with Gasteiger partial charge in [0.1, 0.15) is 0 Å². The van der Waals surface area contributed by atoms with Gasteiger partial charge in [0.2, 0.25) is 0 Å². The van der Waals surface area contributed by atoms with Crippen LogP contribution < -0.4 is 10.6 Å². The van der Waals surface area contributed by atoms with E-state index in [9.17, 15) is 9.59 Å². The molecule has 1 unspecified atom stereocenters. The molecular formula is C20H23N7O2. The van der Waals surface area contributed by atoms with Gasteiger partial charge in [-0.15, -0.1) is 10.2 Å². The van der Waals surface area contributed by atoms with Crippen LogP contribution in [0, 0.1) is 0 Å². The lowest BCUT2D eigenvalue weighted by atomic mass is 9.97. The number of anilines is 1. The van der Waals surface area contributed by atoms with E-state index in [2.05, 4.69) is 43.7 Å². The van der Waals surface area contributed by atoms with Crippen LogP contribution in [0.4, 0.5) is 5.69 Å². The summed E-state index contributed by atoms with van der Waals surface area (Å²) in [5, 5.41) is 13.5. The third-order valence-electron chi connectivity index (χ3n) is 5.20. The van der Waals surface area contributed by atoms with E-state index in [0.717, 1.165) is 31.6 Å². The van der Waals surface area contributed by atoms with E-state index in [0.29, 0.717) is 17.3 Å². The van der Waals surface area contributed by atoms with Gasteiger partial charge in [0, 0.05) is 31.2 Å². The summed E-state index contributed by atoms with van der Waals surface area (Å²) in [7, 11) is 0. The molecular weight excluding hydrogens is 370 g/mol. The van der Waals surface area contributed by atoms with Crippen molar-refractivity contribution in [3.8, 4) is 0 Å². The fraction of sp³-hybridized carbons (Fsp3) is 0.350. The van der Waals surface area contributed by atoms with E-state index in [1.165, 1.54) is 5.56 Å². The Bertz CT molecular complexity index is 1060. The van der Waals surface area contributed by atoms with Crippen LogP contribution in [0.5, 0.6) is 0 Å². The molecule has 0 radical (unpaired) electrons. The molecule has 3 aromatic rings. The van der Waals surface area contributed by atoms with Gasteiger partial charge in [-0.25, -0.2) is 4.98 Å². The number of nitrogens with zero attached hydrogens (tertiary/aromatic N) is 5. The predicted molar refractivity (Wildman–Crippen MR) is 107 cm³/mol. The van der Waals surface area contributed by atoms with Crippen LogP contribution in [0.1, 0.15) is 36.8 Å². The van der Waals surface area contributed by atoms with Crippen molar-refractivity contribution in [1.29, 1.82) is 0 Å². The summed E-state index contributed by atoms with van der Waals surface area (Å²) in [4.78, 5) is 31.4. The normalized spacial score (nSPS) is 15.0. The third-order valence-corrected chi connectivity index (χ3v) is 5.20. The van der Waals surface area contributed by atoms with Crippen LogP contribution in [0.15, 0.2) is 36.7 Å². The second-order valence-electron chi connectivity index (χ2n) is 7.06. The highest BCUT2D eigenvalue weighted by Gasteiger charge is 2.23. The summed E-state index contributed by atoms with van der Waals surface area (Å²) >= 11 is 0. The van der Waals surface area contributed by atoms with Gasteiger partial charge in [-0.1, -0.05) is 19.1 Å². The van der Waals surface area contributed by atoms with Gasteiger partial charge in [-0.2, -0.15) is 0 Å². The highest BCUT2D eigenvalue weighted by molar-refractivity contribution is 6.39. The lowest BCUT2D eigenvalue weighted by Crippen LogP contribution is -2.38. The zero-order valence-corrected chi connectivity index (χ0v) is 16.4. The van der Waals surface area contributed by atoms with Crippen molar-refractivity contribution in [2.75, 3.05) is 18.4 Å². The van der Waals surface area contributed by atoms with Gasteiger partial charge in [0.05, 0.1) is 6.04 Å². The van der Waals surface area contributed by atoms with Crippen molar-refractivity contribution in [1.82, 2.24) is 29.8 Å². The van der Waals surface area contributed by atoms with Gasteiger partial charge in [0.25, 0.3) is 5.78 Å². The first-order valence-electron chi connectivity index (χ1n) is 9.67. The molecule has 3 heterocycles. The van der Waals surface area contributed by atoms with Gasteiger partial charge in [-0.05, 0) is 43.1 Å². The molecule has 0 fully saturated rings. The van der Waals surface area contributed by atoms with Crippen LogP contribution in [0.25, 0.3) is 5.78 Å². The van der Waals surface area contributed by atoms with E-state index in [-0.39, 0.29) is 0 Å². The average molecular weight is 393 g/mol. The molecule has 1 aliphatic rings. The molecule has 0 saturated heterocycles. The fourth-order valence-electron chi connectivity index (χ4n) is 3.62. The van der Waals surface area contributed by atoms with E-state index in [1.54, 1.807) is 29.8 Å². The molecule has 0 spiro atoms. The number of aromatic nitrogens is 4. The Morgan fingerprint density at radius 2 is 2.07 bits per heavy atom. The van der Waals surface area contributed by atoms with Crippen molar-refractivity contribution in [3.05, 3.63) is 53.6 Å². The second kappa shape index (κ2) is 7.96. The van der Waals surface area contributed by atoms with Gasteiger partial charge < -0.3 is 10.6 Å². The summed E-state index contributed by atoms with van der Waals surface area (Å²) in [6.07, 6.45) is 4.22. The average Bonchev–Trinajstić information content (AvgIpc) is 3.17. The number of fused-ring (bicyclic) bond motifs is 2. The standard InChI is InChI=1S/C20H23N7O2/c1-3-26-11-8-15-14(12-26)6-4-7-16(15)23-19(29)18(28)22-13(2)17-24-25-20-21-9-5-10-27(17)20/h4-7,9-10,13H,3,8,11-12H2,1-2H3,(H,22,28)(H,23,29). The first-order valence-corrected chi connectivity index (χ1v) is 9.67. The largest absolute Gasteiger partial charge is 0.338 e. The third kappa shape index (κ3) is 3.81. The van der Waals surface area contributed by atoms with Crippen molar-refractivity contribution < 1.29 is 9.59 Å². The lowest BCUT2D eigenvalue weighted by molar-refractivity contribution is -0.136. The molecule has 9 heteroatoms. The molecule has 1 aromatic carbocycles. The number of benzene rings is 1. The summed E-state index contributed by atoms with van der Waals surface area (Å²) in [5.74, 6) is -0.479. The molecule has 0 aliphatic carbocycles. The molecule has 4 rings (SSSR count). The molecule has 0 saturated carbocycles. The molecule has 1 atom stereocenters. The summed E-state index contributed by atoms with van der Waals surface area (Å²) in [5.41, 5.74) is 2.98. The van der Waals surface area contributed by atoms with Crippen molar-refractivity contribution in [2.45, 2.75) is 32.9 Å². The van der Waals surface area contributed by atoms with Crippen LogP contribution in [-0.4, -0.2) is 49.4 Å².